The highest BCUT2D eigenvalue weighted by molar-refractivity contribution is 7.89. The van der Waals surface area contributed by atoms with E-state index in [1.54, 1.807) is 10.4 Å². The summed E-state index contributed by atoms with van der Waals surface area (Å²) in [4.78, 5) is 2.39. The average Bonchev–Trinajstić information content (AvgIpc) is 3.05. The summed E-state index contributed by atoms with van der Waals surface area (Å²) >= 11 is 5.67. The Hall–Kier alpha value is -0.560. The van der Waals surface area contributed by atoms with Gasteiger partial charge in [0.15, 0.2) is 0 Å². The molecule has 3 rings (SSSR count). The number of piperazine rings is 1. The van der Waals surface area contributed by atoms with Gasteiger partial charge in [-0.15, -0.1) is 11.6 Å². The molecule has 0 saturated carbocycles. The van der Waals surface area contributed by atoms with Gasteiger partial charge in [-0.3, -0.25) is 4.90 Å². The van der Waals surface area contributed by atoms with E-state index in [4.69, 9.17) is 16.0 Å². The van der Waals surface area contributed by atoms with E-state index < -0.39 is 10.0 Å². The van der Waals surface area contributed by atoms with E-state index in [2.05, 4.69) is 4.90 Å². The van der Waals surface area contributed by atoms with Crippen LogP contribution in [0, 0.1) is 0 Å². The summed E-state index contributed by atoms with van der Waals surface area (Å²) in [7, 11) is -3.56. The lowest BCUT2D eigenvalue weighted by atomic mass is 10.1. The van der Waals surface area contributed by atoms with Gasteiger partial charge in [0.25, 0.3) is 10.0 Å². The summed E-state index contributed by atoms with van der Waals surface area (Å²) in [5, 5.41) is 0.00597. The van der Waals surface area contributed by atoms with Crippen molar-refractivity contribution >= 4 is 21.6 Å². The van der Waals surface area contributed by atoms with E-state index in [1.165, 1.54) is 6.07 Å². The Morgan fingerprint density at radius 1 is 1.40 bits per heavy atom. The highest BCUT2D eigenvalue weighted by atomic mass is 35.5. The fraction of sp³-hybridized carbons (Fsp3) is 0.692. The fourth-order valence-corrected chi connectivity index (χ4v) is 4.92. The molecule has 1 aromatic rings. The zero-order valence-electron chi connectivity index (χ0n) is 11.5. The lowest BCUT2D eigenvalue weighted by molar-refractivity contribution is 0.115. The van der Waals surface area contributed by atoms with Gasteiger partial charge >= 0.3 is 0 Å². The largest absolute Gasteiger partial charge is 0.447 e. The van der Waals surface area contributed by atoms with Gasteiger partial charge in [-0.2, -0.15) is 4.31 Å². The van der Waals surface area contributed by atoms with Crippen molar-refractivity contribution in [2.75, 3.05) is 19.6 Å². The first-order valence-electron chi connectivity index (χ1n) is 6.93. The standard InChI is InChI=1S/C13H19ClN2O3S/c1-10-8-15-6-2-3-11(15)9-16(10)20(17,18)13-5-4-12(7-14)19-13/h4-5,10-11H,2-3,6-9H2,1H3. The molecule has 0 aliphatic carbocycles. The Morgan fingerprint density at radius 2 is 2.20 bits per heavy atom. The van der Waals surface area contributed by atoms with Crippen molar-refractivity contribution < 1.29 is 12.8 Å². The van der Waals surface area contributed by atoms with Crippen LogP contribution in [0.4, 0.5) is 0 Å². The minimum Gasteiger partial charge on any atom is -0.447 e. The molecule has 5 nitrogen and oxygen atoms in total. The van der Waals surface area contributed by atoms with Gasteiger partial charge in [-0.05, 0) is 38.4 Å². The van der Waals surface area contributed by atoms with Crippen LogP contribution in [0.5, 0.6) is 0 Å². The summed E-state index contributed by atoms with van der Waals surface area (Å²) < 4.78 is 32.3. The van der Waals surface area contributed by atoms with Crippen LogP contribution in [0.15, 0.2) is 21.6 Å². The lowest BCUT2D eigenvalue weighted by Crippen LogP contribution is -2.56. The van der Waals surface area contributed by atoms with Crippen molar-refractivity contribution in [2.24, 2.45) is 0 Å². The smallest absolute Gasteiger partial charge is 0.276 e. The van der Waals surface area contributed by atoms with Crippen molar-refractivity contribution in [3.05, 3.63) is 17.9 Å². The summed E-state index contributed by atoms with van der Waals surface area (Å²) in [5.74, 6) is 0.666. The second kappa shape index (κ2) is 5.33. The molecule has 1 aromatic heterocycles. The van der Waals surface area contributed by atoms with Crippen LogP contribution in [0.1, 0.15) is 25.5 Å². The fourth-order valence-electron chi connectivity index (χ4n) is 3.18. The van der Waals surface area contributed by atoms with E-state index in [1.807, 2.05) is 6.92 Å². The molecule has 20 heavy (non-hydrogen) atoms. The van der Waals surface area contributed by atoms with Crippen molar-refractivity contribution in [2.45, 2.75) is 42.8 Å². The highest BCUT2D eigenvalue weighted by Crippen LogP contribution is 2.29. The average molecular weight is 319 g/mol. The quantitative estimate of drug-likeness (QED) is 0.798. The number of hydrogen-bond donors (Lipinski definition) is 0. The number of fused-ring (bicyclic) bond motifs is 1. The molecular formula is C13H19ClN2O3S. The van der Waals surface area contributed by atoms with E-state index in [-0.39, 0.29) is 17.0 Å². The Kier molecular flexibility index (Phi) is 3.83. The molecule has 112 valence electrons. The minimum absolute atomic E-state index is 0.00597. The topological polar surface area (TPSA) is 53.8 Å². The summed E-state index contributed by atoms with van der Waals surface area (Å²) in [5.41, 5.74) is 0. The second-order valence-corrected chi connectivity index (χ2v) is 7.66. The molecule has 0 radical (unpaired) electrons. The third-order valence-electron chi connectivity index (χ3n) is 4.21. The maximum atomic E-state index is 12.7. The van der Waals surface area contributed by atoms with Crippen LogP contribution in [-0.4, -0.2) is 49.3 Å². The minimum atomic E-state index is -3.56. The van der Waals surface area contributed by atoms with Crippen LogP contribution >= 0.6 is 11.6 Å². The van der Waals surface area contributed by atoms with Gasteiger partial charge in [0.05, 0.1) is 5.88 Å². The van der Waals surface area contributed by atoms with Crippen molar-refractivity contribution in [1.29, 1.82) is 0 Å². The first kappa shape index (κ1) is 14.4. The monoisotopic (exact) mass is 318 g/mol. The Bertz CT molecular complexity index is 586. The van der Waals surface area contributed by atoms with Crippen molar-refractivity contribution in [3.8, 4) is 0 Å². The molecule has 0 amide bonds. The molecular weight excluding hydrogens is 300 g/mol. The first-order chi connectivity index (χ1) is 9.52. The normalized spacial score (nSPS) is 28.7. The van der Waals surface area contributed by atoms with Crippen LogP contribution in [0.25, 0.3) is 0 Å². The third-order valence-corrected chi connectivity index (χ3v) is 6.33. The zero-order valence-corrected chi connectivity index (χ0v) is 13.0. The van der Waals surface area contributed by atoms with Crippen molar-refractivity contribution in [1.82, 2.24) is 9.21 Å². The van der Waals surface area contributed by atoms with Gasteiger partial charge in [-0.1, -0.05) is 0 Å². The molecule has 0 bridgehead atoms. The van der Waals surface area contributed by atoms with Crippen LogP contribution in [0.2, 0.25) is 0 Å². The SMILES string of the molecule is CC1CN2CCCC2CN1S(=O)(=O)c1ccc(CCl)o1. The van der Waals surface area contributed by atoms with E-state index in [0.717, 1.165) is 25.9 Å². The Morgan fingerprint density at radius 3 is 2.90 bits per heavy atom. The molecule has 2 unspecified atom stereocenters. The maximum absolute atomic E-state index is 12.7. The Balaban J connectivity index is 1.86. The number of halogens is 1. The molecule has 0 N–H and O–H groups in total. The molecule has 2 aliphatic heterocycles. The number of furan rings is 1. The summed E-state index contributed by atoms with van der Waals surface area (Å²) in [6.45, 7) is 4.39. The molecule has 2 fully saturated rings. The zero-order chi connectivity index (χ0) is 14.3. The molecule has 0 spiro atoms. The number of hydrogen-bond acceptors (Lipinski definition) is 4. The van der Waals surface area contributed by atoms with Gasteiger partial charge < -0.3 is 4.42 Å². The van der Waals surface area contributed by atoms with Crippen LogP contribution in [-0.2, 0) is 15.9 Å². The lowest BCUT2D eigenvalue weighted by Gasteiger charge is -2.40. The second-order valence-electron chi connectivity index (χ2n) is 5.57. The molecule has 2 saturated heterocycles. The number of sulfonamides is 1. The predicted molar refractivity (Wildman–Crippen MR) is 76.2 cm³/mol. The van der Waals surface area contributed by atoms with E-state index in [9.17, 15) is 8.42 Å². The van der Waals surface area contributed by atoms with E-state index >= 15 is 0 Å². The third kappa shape index (κ3) is 2.39. The first-order valence-corrected chi connectivity index (χ1v) is 8.90. The number of rotatable bonds is 3. The van der Waals surface area contributed by atoms with Gasteiger partial charge in [0.1, 0.15) is 5.76 Å². The summed E-state index contributed by atoms with van der Waals surface area (Å²) in [6.07, 6.45) is 2.23. The highest BCUT2D eigenvalue weighted by Gasteiger charge is 2.41. The molecule has 3 heterocycles. The van der Waals surface area contributed by atoms with Gasteiger partial charge in [0.2, 0.25) is 5.09 Å². The van der Waals surface area contributed by atoms with Gasteiger partial charge in [0, 0.05) is 25.2 Å². The van der Waals surface area contributed by atoms with Crippen molar-refractivity contribution in [3.63, 3.8) is 0 Å². The number of alkyl halides is 1. The molecule has 0 aromatic carbocycles. The van der Waals surface area contributed by atoms with Crippen LogP contribution in [0.3, 0.4) is 0 Å². The predicted octanol–water partition coefficient (Wildman–Crippen LogP) is 1.88. The number of nitrogens with zero attached hydrogens (tertiary/aromatic N) is 2. The summed E-state index contributed by atoms with van der Waals surface area (Å²) in [6, 6.07) is 3.44. The van der Waals surface area contributed by atoms with Crippen LogP contribution < -0.4 is 0 Å². The maximum Gasteiger partial charge on any atom is 0.276 e. The molecule has 2 aliphatic rings. The molecule has 7 heteroatoms. The Labute approximate surface area is 124 Å². The molecule has 2 atom stereocenters. The van der Waals surface area contributed by atoms with E-state index in [0.29, 0.717) is 18.3 Å². The van der Waals surface area contributed by atoms with Gasteiger partial charge in [-0.25, -0.2) is 8.42 Å².